The Labute approximate surface area is 175 Å². The van der Waals surface area contributed by atoms with Crippen molar-refractivity contribution in [3.63, 3.8) is 0 Å². The van der Waals surface area contributed by atoms with Crippen LogP contribution in [-0.4, -0.2) is 22.3 Å². The summed E-state index contributed by atoms with van der Waals surface area (Å²) in [5, 5.41) is 0.852. The van der Waals surface area contributed by atoms with E-state index in [1.807, 2.05) is 60.7 Å². The molecule has 0 bridgehead atoms. The van der Waals surface area contributed by atoms with Crippen LogP contribution in [-0.2, 0) is 0 Å². The maximum atomic E-state index is 14.7. The van der Waals surface area contributed by atoms with Gasteiger partial charge in [-0.1, -0.05) is 48.5 Å². The Morgan fingerprint density at radius 2 is 1.59 bits per heavy atom. The van der Waals surface area contributed by atoms with Gasteiger partial charge in [-0.3, -0.25) is 4.57 Å². The van der Waals surface area contributed by atoms with Gasteiger partial charge in [0.25, 0.3) is 0 Å². The first-order valence-corrected chi connectivity index (χ1v) is 9.73. The van der Waals surface area contributed by atoms with Crippen LogP contribution in [0, 0.1) is 0 Å². The van der Waals surface area contributed by atoms with Crippen molar-refractivity contribution < 1.29 is 13.5 Å². The van der Waals surface area contributed by atoms with E-state index in [0.717, 1.165) is 10.9 Å². The highest BCUT2D eigenvalue weighted by Crippen LogP contribution is 2.35. The molecule has 0 unspecified atom stereocenters. The summed E-state index contributed by atoms with van der Waals surface area (Å²) in [6.45, 7) is 0. The second kappa shape index (κ2) is 7.79. The van der Waals surface area contributed by atoms with Crippen LogP contribution in [0.5, 0.6) is 5.75 Å². The minimum atomic E-state index is -3.35. The highest BCUT2D eigenvalue weighted by molar-refractivity contribution is 9.10. The van der Waals surface area contributed by atoms with Crippen molar-refractivity contribution in [2.45, 2.75) is 4.83 Å². The fourth-order valence-corrected chi connectivity index (χ4v) is 3.49. The highest BCUT2D eigenvalue weighted by atomic mass is 79.9. The molecule has 0 spiro atoms. The van der Waals surface area contributed by atoms with Crippen LogP contribution >= 0.6 is 15.9 Å². The average molecular weight is 455 g/mol. The molecular weight excluding hydrogens is 438 g/mol. The zero-order valence-corrected chi connectivity index (χ0v) is 17.1. The first-order valence-electron chi connectivity index (χ1n) is 8.93. The molecule has 146 valence electrons. The fourth-order valence-electron chi connectivity index (χ4n) is 3.22. The topological polar surface area (TPSA) is 26.5 Å². The van der Waals surface area contributed by atoms with Crippen molar-refractivity contribution in [3.8, 4) is 17.0 Å². The van der Waals surface area contributed by atoms with Crippen molar-refractivity contribution in [1.82, 2.24) is 4.57 Å². The molecule has 0 aliphatic carbocycles. The molecule has 0 aliphatic heterocycles. The first-order chi connectivity index (χ1) is 14.0. The van der Waals surface area contributed by atoms with Gasteiger partial charge in [0.05, 0.1) is 24.0 Å². The summed E-state index contributed by atoms with van der Waals surface area (Å²) < 4.78 is 36.1. The number of hydrogen-bond acceptors (Lipinski definition) is 2. The number of halogens is 3. The molecule has 3 nitrogen and oxygen atoms in total. The number of nitrogens with zero attached hydrogens (tertiary/aromatic N) is 2. The van der Waals surface area contributed by atoms with E-state index in [2.05, 4.69) is 20.9 Å². The van der Waals surface area contributed by atoms with Crippen LogP contribution < -0.4 is 4.74 Å². The molecular formula is C23H17BrF2N2O. The second-order valence-corrected chi connectivity index (χ2v) is 7.42. The van der Waals surface area contributed by atoms with Crippen molar-refractivity contribution >= 4 is 38.4 Å². The quantitative estimate of drug-likeness (QED) is 0.187. The number of methoxy groups -OCH3 is 1. The van der Waals surface area contributed by atoms with E-state index in [1.165, 1.54) is 4.57 Å². The molecule has 0 fully saturated rings. The summed E-state index contributed by atoms with van der Waals surface area (Å²) >= 11 is 2.53. The van der Waals surface area contributed by atoms with Crippen LogP contribution in [0.25, 0.3) is 22.2 Å². The van der Waals surface area contributed by atoms with E-state index in [0.29, 0.717) is 22.6 Å². The Hall–Kier alpha value is -2.99. The van der Waals surface area contributed by atoms with Gasteiger partial charge in [-0.2, -0.15) is 8.78 Å². The van der Waals surface area contributed by atoms with Crippen LogP contribution in [0.1, 0.15) is 0 Å². The summed E-state index contributed by atoms with van der Waals surface area (Å²) in [5.41, 5.74) is 2.51. The monoisotopic (exact) mass is 454 g/mol. The lowest BCUT2D eigenvalue weighted by Crippen LogP contribution is -2.29. The lowest BCUT2D eigenvalue weighted by atomic mass is 10.1. The number of fused-ring (bicyclic) bond motifs is 1. The van der Waals surface area contributed by atoms with Crippen LogP contribution in [0.3, 0.4) is 0 Å². The Morgan fingerprint density at radius 3 is 2.24 bits per heavy atom. The molecule has 1 aromatic heterocycles. The van der Waals surface area contributed by atoms with Gasteiger partial charge in [0.2, 0.25) is 0 Å². The number of hydrogen-bond donors (Lipinski definition) is 0. The molecule has 0 aliphatic rings. The third-order valence-electron chi connectivity index (χ3n) is 4.55. The molecule has 29 heavy (non-hydrogen) atoms. The average Bonchev–Trinajstić information content (AvgIpc) is 3.11. The second-order valence-electron chi connectivity index (χ2n) is 6.42. The number of rotatable bonds is 4. The van der Waals surface area contributed by atoms with Crippen molar-refractivity contribution in [2.24, 2.45) is 4.99 Å². The smallest absolute Gasteiger partial charge is 0.358 e. The van der Waals surface area contributed by atoms with Crippen molar-refractivity contribution in [1.29, 1.82) is 0 Å². The third-order valence-corrected chi connectivity index (χ3v) is 4.91. The molecule has 6 heteroatoms. The summed E-state index contributed by atoms with van der Waals surface area (Å²) in [4.78, 5) is 0.962. The van der Waals surface area contributed by atoms with E-state index < -0.39 is 10.7 Å². The molecule has 0 saturated carbocycles. The Morgan fingerprint density at radius 1 is 0.931 bits per heavy atom. The van der Waals surface area contributed by atoms with E-state index in [4.69, 9.17) is 4.74 Å². The van der Waals surface area contributed by atoms with Crippen LogP contribution in [0.2, 0.25) is 0 Å². The lowest BCUT2D eigenvalue weighted by Gasteiger charge is -2.18. The highest BCUT2D eigenvalue weighted by Gasteiger charge is 2.36. The first kappa shape index (κ1) is 19.3. The minimum Gasteiger partial charge on any atom is -0.497 e. The summed E-state index contributed by atoms with van der Waals surface area (Å²) in [5.74, 6) is 0.218. The molecule has 0 atom stereocenters. The number of para-hydroxylation sites is 1. The number of alkyl halides is 3. The fraction of sp³-hybridized carbons (Fsp3) is 0.0870. The predicted octanol–water partition coefficient (Wildman–Crippen LogP) is 6.88. The maximum Gasteiger partial charge on any atom is 0.358 e. The third kappa shape index (κ3) is 3.93. The molecule has 0 radical (unpaired) electrons. The predicted molar refractivity (Wildman–Crippen MR) is 117 cm³/mol. The Bertz CT molecular complexity index is 1160. The zero-order valence-electron chi connectivity index (χ0n) is 15.5. The van der Waals surface area contributed by atoms with E-state index in [1.54, 1.807) is 31.4 Å². The standard InChI is InChI=1S/C23H17BrF2N2O/c1-29-19-13-11-18(12-14-19)27-22(23(24,25)26)28-20-10-6-5-9-17(20)15-21(28)16-7-3-2-4-8-16/h2-15H,1H3. The largest absolute Gasteiger partial charge is 0.497 e. The van der Waals surface area contributed by atoms with Crippen LogP contribution in [0.4, 0.5) is 14.5 Å². The summed E-state index contributed by atoms with van der Waals surface area (Å²) in [7, 11) is 1.55. The van der Waals surface area contributed by atoms with E-state index in [9.17, 15) is 8.78 Å². The van der Waals surface area contributed by atoms with Gasteiger partial charge >= 0.3 is 4.83 Å². The normalized spacial score (nSPS) is 12.3. The molecule has 4 aromatic rings. The SMILES string of the molecule is COc1ccc(N=C(n2c(-c3ccccc3)cc3ccccc32)C(F)(F)Br)cc1. The molecule has 0 saturated heterocycles. The number of aliphatic imine (C=N–C) groups is 1. The van der Waals surface area contributed by atoms with Crippen molar-refractivity contribution in [2.75, 3.05) is 7.11 Å². The van der Waals surface area contributed by atoms with Gasteiger partial charge in [-0.15, -0.1) is 0 Å². The zero-order chi connectivity index (χ0) is 20.4. The van der Waals surface area contributed by atoms with Crippen LogP contribution in [0.15, 0.2) is 89.9 Å². The van der Waals surface area contributed by atoms with Gasteiger partial charge < -0.3 is 4.74 Å². The molecule has 0 N–H and O–H groups in total. The lowest BCUT2D eigenvalue weighted by molar-refractivity contribution is 0.189. The van der Waals surface area contributed by atoms with Gasteiger partial charge in [0, 0.05) is 5.39 Å². The Kier molecular flexibility index (Phi) is 5.20. The number of benzene rings is 3. The van der Waals surface area contributed by atoms with E-state index in [-0.39, 0.29) is 0 Å². The summed E-state index contributed by atoms with van der Waals surface area (Å²) in [6.07, 6.45) is 0. The molecule has 0 amide bonds. The number of ether oxygens (including phenoxy) is 1. The maximum absolute atomic E-state index is 14.7. The number of aromatic nitrogens is 1. The van der Waals surface area contributed by atoms with Gasteiger partial charge in [-0.25, -0.2) is 4.99 Å². The van der Waals surface area contributed by atoms with Crippen molar-refractivity contribution in [3.05, 3.63) is 84.9 Å². The Balaban J connectivity index is 1.98. The molecule has 3 aromatic carbocycles. The van der Waals surface area contributed by atoms with Gasteiger partial charge in [0.15, 0.2) is 5.84 Å². The molecule has 4 rings (SSSR count). The van der Waals surface area contributed by atoms with Gasteiger partial charge in [-0.05, 0) is 57.9 Å². The summed E-state index contributed by atoms with van der Waals surface area (Å²) in [6, 6.07) is 25.4. The van der Waals surface area contributed by atoms with E-state index >= 15 is 0 Å². The molecule has 1 heterocycles. The minimum absolute atomic E-state index is 0.400. The van der Waals surface area contributed by atoms with Gasteiger partial charge in [0.1, 0.15) is 5.75 Å².